The Balaban J connectivity index is 1.74. The number of hydrogen-bond acceptors (Lipinski definition) is 5. The molecule has 0 bridgehead atoms. The van der Waals surface area contributed by atoms with Crippen molar-refractivity contribution in [2.45, 2.75) is 43.5 Å². The average molecular weight is 556 g/mol. The van der Waals surface area contributed by atoms with E-state index in [4.69, 9.17) is 39.2 Å². The fourth-order valence-electron chi connectivity index (χ4n) is 3.26. The van der Waals surface area contributed by atoms with Gasteiger partial charge in [-0.05, 0) is 62.7 Å². The van der Waals surface area contributed by atoms with Crippen LogP contribution in [0.5, 0.6) is 0 Å². The number of aryl methyl sites for hydroxylation is 1. The van der Waals surface area contributed by atoms with E-state index >= 15 is 0 Å². The molecular formula is C25H25Cl3N2O4S. The molecule has 2 aromatic carbocycles. The molecule has 0 saturated heterocycles. The number of carbonyl (C=O) groups excluding carboxylic acids is 1. The zero-order chi connectivity index (χ0) is 25.8. The number of nitrogens with one attached hydrogen (secondary N) is 1. The van der Waals surface area contributed by atoms with E-state index in [1.807, 2.05) is 48.2 Å². The van der Waals surface area contributed by atoms with Crippen LogP contribution in [0, 0.1) is 6.92 Å². The van der Waals surface area contributed by atoms with E-state index < -0.39 is 10.7 Å². The van der Waals surface area contributed by atoms with Gasteiger partial charge in [-0.1, -0.05) is 46.9 Å². The van der Waals surface area contributed by atoms with Crippen molar-refractivity contribution in [1.29, 1.82) is 0 Å². The molecule has 1 aromatic heterocycles. The molecule has 3 rings (SSSR count). The number of halogens is 3. The summed E-state index contributed by atoms with van der Waals surface area (Å²) in [5.74, 6) is 0.341. The quantitative estimate of drug-likeness (QED) is 0.259. The van der Waals surface area contributed by atoms with Gasteiger partial charge in [-0.3, -0.25) is 14.5 Å². The zero-order valence-electron chi connectivity index (χ0n) is 19.4. The molecule has 0 aliphatic rings. The van der Waals surface area contributed by atoms with Crippen LogP contribution in [-0.2, 0) is 22.7 Å². The summed E-state index contributed by atoms with van der Waals surface area (Å²) in [5.41, 5.74) is 1.26. The van der Waals surface area contributed by atoms with Crippen molar-refractivity contribution >= 4 is 64.1 Å². The Morgan fingerprint density at radius 2 is 1.66 bits per heavy atom. The van der Waals surface area contributed by atoms with Gasteiger partial charge in [0.05, 0.1) is 28.8 Å². The zero-order valence-corrected chi connectivity index (χ0v) is 22.5. The molecule has 1 heterocycles. The highest BCUT2D eigenvalue weighted by atomic mass is 35.5. The number of carboxylic acid groups (broad SMARTS) is 1. The van der Waals surface area contributed by atoms with Gasteiger partial charge >= 0.3 is 5.97 Å². The van der Waals surface area contributed by atoms with Crippen molar-refractivity contribution in [2.75, 3.05) is 11.9 Å². The van der Waals surface area contributed by atoms with Gasteiger partial charge in [0, 0.05) is 16.5 Å². The summed E-state index contributed by atoms with van der Waals surface area (Å²) in [6.07, 6.45) is 0. The van der Waals surface area contributed by atoms with Gasteiger partial charge in [-0.2, -0.15) is 0 Å². The van der Waals surface area contributed by atoms with E-state index in [-0.39, 0.29) is 22.5 Å². The Kier molecular flexibility index (Phi) is 9.18. The highest BCUT2D eigenvalue weighted by Gasteiger charge is 2.28. The molecule has 2 N–H and O–H groups in total. The van der Waals surface area contributed by atoms with Crippen LogP contribution < -0.4 is 5.32 Å². The Morgan fingerprint density at radius 1 is 1.03 bits per heavy atom. The molecular weight excluding hydrogens is 531 g/mol. The number of furan rings is 1. The average Bonchev–Trinajstić information content (AvgIpc) is 3.16. The number of nitrogens with zero attached hydrogens (tertiary/aromatic N) is 1. The van der Waals surface area contributed by atoms with Gasteiger partial charge in [0.25, 0.3) is 0 Å². The first-order valence-electron chi connectivity index (χ1n) is 10.7. The number of carbonyl (C=O) groups is 2. The molecule has 0 aliphatic carbocycles. The Labute approximate surface area is 223 Å². The first-order chi connectivity index (χ1) is 16.4. The Hall–Kier alpha value is -2.16. The predicted molar refractivity (Wildman–Crippen MR) is 142 cm³/mol. The van der Waals surface area contributed by atoms with E-state index in [0.717, 1.165) is 22.0 Å². The second kappa shape index (κ2) is 11.7. The maximum atomic E-state index is 12.9. The Morgan fingerprint density at radius 3 is 2.20 bits per heavy atom. The van der Waals surface area contributed by atoms with Gasteiger partial charge in [0.15, 0.2) is 0 Å². The third kappa shape index (κ3) is 7.92. The number of amides is 1. The maximum Gasteiger partial charge on any atom is 0.319 e. The molecule has 6 nitrogen and oxygen atoms in total. The maximum absolute atomic E-state index is 12.9. The summed E-state index contributed by atoms with van der Waals surface area (Å²) in [6.45, 7) is 6.11. The first kappa shape index (κ1) is 27.4. The predicted octanol–water partition coefficient (Wildman–Crippen LogP) is 7.14. The molecule has 0 aliphatic heterocycles. The number of carboxylic acids is 1. The minimum atomic E-state index is -0.937. The van der Waals surface area contributed by atoms with Crippen LogP contribution in [0.25, 0.3) is 0 Å². The van der Waals surface area contributed by atoms with E-state index in [2.05, 4.69) is 5.32 Å². The molecule has 0 spiro atoms. The number of aliphatic carboxylic acids is 1. The number of thioether (sulfide) groups is 1. The smallest absolute Gasteiger partial charge is 0.319 e. The van der Waals surface area contributed by atoms with Crippen molar-refractivity contribution in [2.24, 2.45) is 0 Å². The monoisotopic (exact) mass is 554 g/mol. The standard InChI is InChI=1S/C25H25Cl3N2O4S/c1-15-4-7-18(34-15)13-30(14-22(31)29-23-20(27)10-17(26)11-21(23)28)12-16-5-8-19(9-6-16)35-25(2,3)24(32)33/h4-11H,12-14H2,1-3H3,(H,29,31)(H,32,33). The van der Waals surface area contributed by atoms with Crippen LogP contribution in [0.15, 0.2) is 57.8 Å². The molecule has 35 heavy (non-hydrogen) atoms. The topological polar surface area (TPSA) is 82.8 Å². The summed E-state index contributed by atoms with van der Waals surface area (Å²) in [7, 11) is 0. The van der Waals surface area contributed by atoms with Crippen molar-refractivity contribution in [3.05, 3.63) is 80.7 Å². The lowest BCUT2D eigenvalue weighted by Gasteiger charge is -2.22. The van der Waals surface area contributed by atoms with Crippen molar-refractivity contribution < 1.29 is 19.1 Å². The molecule has 1 amide bonds. The van der Waals surface area contributed by atoms with Crippen molar-refractivity contribution in [3.63, 3.8) is 0 Å². The van der Waals surface area contributed by atoms with Crippen LogP contribution in [-0.4, -0.2) is 33.2 Å². The van der Waals surface area contributed by atoms with E-state index in [1.165, 1.54) is 23.9 Å². The lowest BCUT2D eigenvalue weighted by atomic mass is 10.2. The Bertz CT molecular complexity index is 1190. The van der Waals surface area contributed by atoms with Crippen molar-refractivity contribution in [3.8, 4) is 0 Å². The normalized spacial score (nSPS) is 11.6. The third-order valence-corrected chi connectivity index (χ3v) is 7.04. The second-order valence-corrected chi connectivity index (χ2v) is 11.5. The highest BCUT2D eigenvalue weighted by molar-refractivity contribution is 8.01. The van der Waals surface area contributed by atoms with Crippen LogP contribution in [0.4, 0.5) is 5.69 Å². The number of hydrogen-bond donors (Lipinski definition) is 2. The lowest BCUT2D eigenvalue weighted by Crippen LogP contribution is -2.32. The van der Waals surface area contributed by atoms with Gasteiger partial charge in [0.2, 0.25) is 5.91 Å². The summed E-state index contributed by atoms with van der Waals surface area (Å²) >= 11 is 19.6. The molecule has 0 radical (unpaired) electrons. The van der Waals surface area contributed by atoms with Gasteiger partial charge < -0.3 is 14.8 Å². The second-order valence-electron chi connectivity index (χ2n) is 8.51. The molecule has 0 fully saturated rings. The van der Waals surface area contributed by atoms with Gasteiger partial charge in [-0.25, -0.2) is 0 Å². The SMILES string of the molecule is Cc1ccc(CN(CC(=O)Nc2c(Cl)cc(Cl)cc2Cl)Cc2ccc(SC(C)(C)C(=O)O)cc2)o1. The summed E-state index contributed by atoms with van der Waals surface area (Å²) in [4.78, 5) is 27.1. The minimum absolute atomic E-state index is 0.0532. The third-order valence-electron chi connectivity index (χ3n) is 5.03. The van der Waals surface area contributed by atoms with E-state index in [9.17, 15) is 14.7 Å². The molecule has 0 unspecified atom stereocenters. The number of anilines is 1. The fourth-order valence-corrected chi connectivity index (χ4v) is 5.12. The lowest BCUT2D eigenvalue weighted by molar-refractivity contribution is -0.138. The molecule has 10 heteroatoms. The fraction of sp³-hybridized carbons (Fsp3) is 0.280. The molecule has 0 saturated carbocycles. The highest BCUT2D eigenvalue weighted by Crippen LogP contribution is 2.34. The largest absolute Gasteiger partial charge is 0.480 e. The van der Waals surface area contributed by atoms with Gasteiger partial charge in [0.1, 0.15) is 16.3 Å². The molecule has 3 aromatic rings. The van der Waals surface area contributed by atoms with Gasteiger partial charge in [-0.15, -0.1) is 11.8 Å². The van der Waals surface area contributed by atoms with Crippen molar-refractivity contribution in [1.82, 2.24) is 4.90 Å². The van der Waals surface area contributed by atoms with Crippen LogP contribution in [0.2, 0.25) is 15.1 Å². The molecule has 186 valence electrons. The number of benzene rings is 2. The summed E-state index contributed by atoms with van der Waals surface area (Å²) in [5, 5.41) is 13.0. The van der Waals surface area contributed by atoms with Crippen LogP contribution >= 0.6 is 46.6 Å². The minimum Gasteiger partial charge on any atom is -0.480 e. The number of rotatable bonds is 10. The van der Waals surface area contributed by atoms with E-state index in [1.54, 1.807) is 13.8 Å². The summed E-state index contributed by atoms with van der Waals surface area (Å²) in [6, 6.07) is 14.4. The molecule has 0 atom stereocenters. The summed E-state index contributed by atoms with van der Waals surface area (Å²) < 4.78 is 4.77. The van der Waals surface area contributed by atoms with Crippen LogP contribution in [0.1, 0.15) is 30.9 Å². The van der Waals surface area contributed by atoms with Crippen LogP contribution in [0.3, 0.4) is 0 Å². The van der Waals surface area contributed by atoms with E-state index in [0.29, 0.717) is 23.8 Å². The first-order valence-corrected chi connectivity index (χ1v) is 12.6.